The van der Waals surface area contributed by atoms with Gasteiger partial charge in [-0.3, -0.25) is 9.63 Å². The summed E-state index contributed by atoms with van der Waals surface area (Å²) in [6.45, 7) is 5.16. The van der Waals surface area contributed by atoms with Crippen molar-refractivity contribution in [2.45, 2.75) is 64.5 Å². The molecule has 19 heavy (non-hydrogen) atoms. The maximum atomic E-state index is 12.1. The molecule has 0 saturated heterocycles. The van der Waals surface area contributed by atoms with E-state index in [-0.39, 0.29) is 12.6 Å². The Morgan fingerprint density at radius 2 is 1.84 bits per heavy atom. The quantitative estimate of drug-likeness (QED) is 0.768. The van der Waals surface area contributed by atoms with E-state index in [1.54, 1.807) is 0 Å². The van der Waals surface area contributed by atoms with Crippen LogP contribution in [-0.2, 0) is 9.63 Å². The van der Waals surface area contributed by atoms with Gasteiger partial charge in [0.15, 0.2) is 0 Å². The number of carboxylic acids is 1. The number of hydroxylamine groups is 1. The fourth-order valence-corrected chi connectivity index (χ4v) is 2.16. The summed E-state index contributed by atoms with van der Waals surface area (Å²) >= 11 is 0. The predicted molar refractivity (Wildman–Crippen MR) is 70.6 cm³/mol. The van der Waals surface area contributed by atoms with Crippen LogP contribution >= 0.6 is 0 Å². The Morgan fingerprint density at radius 1 is 1.26 bits per heavy atom. The van der Waals surface area contributed by atoms with Crippen molar-refractivity contribution in [2.24, 2.45) is 0 Å². The van der Waals surface area contributed by atoms with E-state index in [2.05, 4.69) is 5.48 Å². The van der Waals surface area contributed by atoms with Gasteiger partial charge in [0.2, 0.25) is 0 Å². The lowest BCUT2D eigenvalue weighted by atomic mass is 9.94. The highest BCUT2D eigenvalue weighted by Crippen LogP contribution is 2.22. The van der Waals surface area contributed by atoms with Gasteiger partial charge in [-0.25, -0.2) is 10.3 Å². The number of carboxylic acid groups (broad SMARTS) is 1. The second-order valence-corrected chi connectivity index (χ2v) is 5.94. The molecule has 0 spiro atoms. The molecule has 1 saturated carbocycles. The number of aliphatic carboxylic acids is 1. The summed E-state index contributed by atoms with van der Waals surface area (Å²) in [7, 11) is 0. The van der Waals surface area contributed by atoms with Gasteiger partial charge in [-0.2, -0.15) is 0 Å². The van der Waals surface area contributed by atoms with Crippen molar-refractivity contribution >= 4 is 12.0 Å². The molecule has 0 aromatic rings. The highest BCUT2D eigenvalue weighted by molar-refractivity contribution is 5.79. The smallest absolute Gasteiger partial charge is 0.342 e. The molecule has 2 amide bonds. The third kappa shape index (κ3) is 5.92. The lowest BCUT2D eigenvalue weighted by Crippen LogP contribution is -2.50. The Balaban J connectivity index is 2.61. The van der Waals surface area contributed by atoms with Gasteiger partial charge >= 0.3 is 12.0 Å². The molecule has 6 nitrogen and oxygen atoms in total. The number of rotatable bonds is 4. The second kappa shape index (κ2) is 6.75. The minimum Gasteiger partial charge on any atom is -0.480 e. The number of carbonyl (C=O) groups is 2. The van der Waals surface area contributed by atoms with Crippen molar-refractivity contribution in [3.05, 3.63) is 0 Å². The average molecular weight is 272 g/mol. The van der Waals surface area contributed by atoms with Gasteiger partial charge in [0.1, 0.15) is 6.54 Å². The monoisotopic (exact) mass is 272 g/mol. The molecule has 110 valence electrons. The van der Waals surface area contributed by atoms with Crippen LogP contribution in [-0.4, -0.2) is 40.2 Å². The number of hydrogen-bond donors (Lipinski definition) is 2. The third-order valence-electron chi connectivity index (χ3n) is 3.03. The van der Waals surface area contributed by atoms with Crippen LogP contribution < -0.4 is 5.48 Å². The van der Waals surface area contributed by atoms with Gasteiger partial charge < -0.3 is 10.0 Å². The molecule has 0 bridgehead atoms. The van der Waals surface area contributed by atoms with Crippen LogP contribution in [0.2, 0.25) is 0 Å². The normalized spacial score (nSPS) is 17.0. The first-order valence-electron chi connectivity index (χ1n) is 6.76. The highest BCUT2D eigenvalue weighted by atomic mass is 16.7. The van der Waals surface area contributed by atoms with Crippen molar-refractivity contribution in [3.8, 4) is 0 Å². The number of urea groups is 1. The maximum absolute atomic E-state index is 12.1. The molecule has 6 heteroatoms. The van der Waals surface area contributed by atoms with Crippen LogP contribution in [0.4, 0.5) is 4.79 Å². The lowest BCUT2D eigenvalue weighted by molar-refractivity contribution is -0.138. The highest BCUT2D eigenvalue weighted by Gasteiger charge is 2.28. The number of hydrogen-bond acceptors (Lipinski definition) is 3. The molecule has 1 rings (SSSR count). The Hall–Kier alpha value is -1.30. The standard InChI is InChI=1S/C13H24N2O4/c1-13(2,3)19-14-12(18)15(9-11(16)17)10-7-5-4-6-8-10/h10H,4-9H2,1-3H3,(H,14,18)(H,16,17). The van der Waals surface area contributed by atoms with Gasteiger partial charge in [-0.05, 0) is 33.6 Å². The predicted octanol–water partition coefficient (Wildman–Crippen LogP) is 2.15. The first-order valence-corrected chi connectivity index (χ1v) is 6.76. The van der Waals surface area contributed by atoms with Gasteiger partial charge in [-0.15, -0.1) is 0 Å². The first kappa shape index (κ1) is 15.8. The van der Waals surface area contributed by atoms with Crippen LogP contribution in [0.25, 0.3) is 0 Å². The van der Waals surface area contributed by atoms with Gasteiger partial charge in [-0.1, -0.05) is 19.3 Å². The molecule has 1 aliphatic carbocycles. The van der Waals surface area contributed by atoms with E-state index in [1.807, 2.05) is 20.8 Å². The maximum Gasteiger partial charge on any atom is 0.342 e. The van der Waals surface area contributed by atoms with Crippen molar-refractivity contribution in [1.82, 2.24) is 10.4 Å². The van der Waals surface area contributed by atoms with Gasteiger partial charge in [0.25, 0.3) is 0 Å². The SMILES string of the molecule is CC(C)(C)ONC(=O)N(CC(=O)O)C1CCCCC1. The van der Waals surface area contributed by atoms with Crippen LogP contribution in [0.15, 0.2) is 0 Å². The van der Waals surface area contributed by atoms with Crippen molar-refractivity contribution in [1.29, 1.82) is 0 Å². The molecule has 1 aliphatic rings. The van der Waals surface area contributed by atoms with E-state index in [0.717, 1.165) is 32.1 Å². The Kier molecular flexibility index (Phi) is 5.60. The second-order valence-electron chi connectivity index (χ2n) is 5.94. The summed E-state index contributed by atoms with van der Waals surface area (Å²) in [5.41, 5.74) is 1.85. The summed E-state index contributed by atoms with van der Waals surface area (Å²) in [5, 5.41) is 8.93. The van der Waals surface area contributed by atoms with E-state index in [4.69, 9.17) is 9.94 Å². The fraction of sp³-hybridized carbons (Fsp3) is 0.846. The summed E-state index contributed by atoms with van der Waals surface area (Å²) in [6.07, 6.45) is 4.94. The first-order chi connectivity index (χ1) is 8.79. The molecule has 0 heterocycles. The van der Waals surface area contributed by atoms with E-state index in [1.165, 1.54) is 4.90 Å². The number of amides is 2. The molecule has 0 aromatic heterocycles. The van der Waals surface area contributed by atoms with E-state index >= 15 is 0 Å². The summed E-state index contributed by atoms with van der Waals surface area (Å²) in [6, 6.07) is -0.474. The Bertz CT molecular complexity index is 319. The average Bonchev–Trinajstić information content (AvgIpc) is 2.33. The Labute approximate surface area is 114 Å². The molecule has 0 radical (unpaired) electrons. The van der Waals surface area contributed by atoms with Crippen LogP contribution in [0.3, 0.4) is 0 Å². The van der Waals surface area contributed by atoms with Crippen LogP contribution in [0.5, 0.6) is 0 Å². The molecular formula is C13H24N2O4. The molecule has 0 aromatic carbocycles. The topological polar surface area (TPSA) is 78.9 Å². The van der Waals surface area contributed by atoms with Crippen molar-refractivity contribution < 1.29 is 19.5 Å². The Morgan fingerprint density at radius 3 is 2.32 bits per heavy atom. The zero-order valence-electron chi connectivity index (χ0n) is 11.9. The third-order valence-corrected chi connectivity index (χ3v) is 3.03. The zero-order chi connectivity index (χ0) is 14.5. The minimum absolute atomic E-state index is 0.00609. The number of nitrogens with zero attached hydrogens (tertiary/aromatic N) is 1. The van der Waals surface area contributed by atoms with E-state index in [9.17, 15) is 9.59 Å². The molecule has 1 fully saturated rings. The van der Waals surface area contributed by atoms with E-state index in [0.29, 0.717) is 0 Å². The number of nitrogens with one attached hydrogen (secondary N) is 1. The minimum atomic E-state index is -1.00. The summed E-state index contributed by atoms with van der Waals surface area (Å²) in [5.74, 6) is -1.00. The van der Waals surface area contributed by atoms with E-state index < -0.39 is 17.6 Å². The largest absolute Gasteiger partial charge is 0.480 e. The molecule has 0 atom stereocenters. The lowest BCUT2D eigenvalue weighted by Gasteiger charge is -2.33. The van der Waals surface area contributed by atoms with Crippen LogP contribution in [0.1, 0.15) is 52.9 Å². The number of carbonyl (C=O) groups excluding carboxylic acids is 1. The fourth-order valence-electron chi connectivity index (χ4n) is 2.16. The molecule has 2 N–H and O–H groups in total. The molecule has 0 unspecified atom stereocenters. The summed E-state index contributed by atoms with van der Waals surface area (Å²) < 4.78 is 0. The molecule has 0 aliphatic heterocycles. The zero-order valence-corrected chi connectivity index (χ0v) is 11.9. The van der Waals surface area contributed by atoms with Crippen LogP contribution in [0, 0.1) is 0 Å². The molecular weight excluding hydrogens is 248 g/mol. The van der Waals surface area contributed by atoms with Gasteiger partial charge in [0, 0.05) is 6.04 Å². The van der Waals surface area contributed by atoms with Gasteiger partial charge in [0.05, 0.1) is 5.60 Å². The summed E-state index contributed by atoms with van der Waals surface area (Å²) in [4.78, 5) is 29.5. The van der Waals surface area contributed by atoms with Crippen molar-refractivity contribution in [3.63, 3.8) is 0 Å². The van der Waals surface area contributed by atoms with Crippen molar-refractivity contribution in [2.75, 3.05) is 6.54 Å².